The second-order valence-electron chi connectivity index (χ2n) is 6.07. The number of hydrogen-bond donors (Lipinski definition) is 1. The van der Waals surface area contributed by atoms with E-state index in [2.05, 4.69) is 22.1 Å². The van der Waals surface area contributed by atoms with E-state index in [1.54, 1.807) is 36.5 Å². The SMILES string of the molecule is CCN(c1ccccc1)c1ccnc(C(=O)Nc2cccc(C(C)=O)c2)c1. The number of benzene rings is 2. The minimum atomic E-state index is -0.318. The molecule has 0 atom stereocenters. The fourth-order valence-corrected chi connectivity index (χ4v) is 2.84. The molecule has 0 bridgehead atoms. The van der Waals surface area contributed by atoms with Crippen LogP contribution in [0.4, 0.5) is 17.1 Å². The maximum absolute atomic E-state index is 12.6. The minimum Gasteiger partial charge on any atom is -0.342 e. The highest BCUT2D eigenvalue weighted by Crippen LogP contribution is 2.25. The van der Waals surface area contributed by atoms with Crippen molar-refractivity contribution in [1.29, 1.82) is 0 Å². The van der Waals surface area contributed by atoms with Crippen LogP contribution in [0.25, 0.3) is 0 Å². The summed E-state index contributed by atoms with van der Waals surface area (Å²) in [6.07, 6.45) is 1.63. The number of aromatic nitrogens is 1. The van der Waals surface area contributed by atoms with Crippen LogP contribution in [0.15, 0.2) is 72.9 Å². The lowest BCUT2D eigenvalue weighted by Gasteiger charge is -2.23. The van der Waals surface area contributed by atoms with Gasteiger partial charge in [0.25, 0.3) is 5.91 Å². The van der Waals surface area contributed by atoms with Gasteiger partial charge in [-0.15, -0.1) is 0 Å². The zero-order valence-electron chi connectivity index (χ0n) is 15.3. The summed E-state index contributed by atoms with van der Waals surface area (Å²) in [5.74, 6) is -0.366. The van der Waals surface area contributed by atoms with Gasteiger partial charge in [0.15, 0.2) is 5.78 Å². The lowest BCUT2D eigenvalue weighted by atomic mass is 10.1. The third-order valence-electron chi connectivity index (χ3n) is 4.20. The lowest BCUT2D eigenvalue weighted by molar-refractivity contribution is 0.100. The van der Waals surface area contributed by atoms with Crippen molar-refractivity contribution in [3.63, 3.8) is 0 Å². The molecule has 5 nitrogen and oxygen atoms in total. The van der Waals surface area contributed by atoms with E-state index in [0.29, 0.717) is 16.9 Å². The molecule has 2 aromatic carbocycles. The van der Waals surface area contributed by atoms with Gasteiger partial charge < -0.3 is 10.2 Å². The average molecular weight is 359 g/mol. The third kappa shape index (κ3) is 4.39. The predicted octanol–water partition coefficient (Wildman–Crippen LogP) is 4.69. The van der Waals surface area contributed by atoms with Crippen LogP contribution in [0.1, 0.15) is 34.7 Å². The van der Waals surface area contributed by atoms with E-state index < -0.39 is 0 Å². The van der Waals surface area contributed by atoms with Crippen molar-refractivity contribution >= 4 is 28.8 Å². The Morgan fingerprint density at radius 2 is 1.74 bits per heavy atom. The number of carbonyl (C=O) groups excluding carboxylic acids is 2. The van der Waals surface area contributed by atoms with E-state index in [1.165, 1.54) is 6.92 Å². The normalized spacial score (nSPS) is 10.3. The molecule has 0 fully saturated rings. The number of amides is 1. The number of Topliss-reactive ketones (excluding diaryl/α,β-unsaturated/α-hetero) is 1. The molecule has 27 heavy (non-hydrogen) atoms. The molecule has 136 valence electrons. The second-order valence-corrected chi connectivity index (χ2v) is 6.07. The molecule has 0 saturated heterocycles. The topological polar surface area (TPSA) is 62.3 Å². The molecule has 0 saturated carbocycles. The second kappa shape index (κ2) is 8.27. The Morgan fingerprint density at radius 3 is 2.44 bits per heavy atom. The molecule has 0 unspecified atom stereocenters. The predicted molar refractivity (Wildman–Crippen MR) is 108 cm³/mol. The highest BCUT2D eigenvalue weighted by atomic mass is 16.2. The van der Waals surface area contributed by atoms with Crippen LogP contribution in [0.5, 0.6) is 0 Å². The number of pyridine rings is 1. The van der Waals surface area contributed by atoms with Crippen LogP contribution >= 0.6 is 0 Å². The average Bonchev–Trinajstić information content (AvgIpc) is 2.70. The van der Waals surface area contributed by atoms with Gasteiger partial charge >= 0.3 is 0 Å². The summed E-state index contributed by atoms with van der Waals surface area (Å²) in [4.78, 5) is 30.4. The van der Waals surface area contributed by atoms with Crippen molar-refractivity contribution in [1.82, 2.24) is 4.98 Å². The quantitative estimate of drug-likeness (QED) is 0.648. The molecular formula is C22H21N3O2. The number of carbonyl (C=O) groups is 2. The first-order valence-corrected chi connectivity index (χ1v) is 8.79. The zero-order chi connectivity index (χ0) is 19.2. The first-order chi connectivity index (χ1) is 13.1. The van der Waals surface area contributed by atoms with Gasteiger partial charge in [0, 0.05) is 35.4 Å². The van der Waals surface area contributed by atoms with Gasteiger partial charge in [-0.05, 0) is 50.2 Å². The molecule has 1 heterocycles. The molecule has 1 aromatic heterocycles. The molecule has 0 aliphatic rings. The number of nitrogens with zero attached hydrogens (tertiary/aromatic N) is 2. The number of rotatable bonds is 6. The third-order valence-corrected chi connectivity index (χ3v) is 4.20. The molecule has 0 radical (unpaired) electrons. The van der Waals surface area contributed by atoms with E-state index in [1.807, 2.05) is 36.4 Å². The van der Waals surface area contributed by atoms with Crippen LogP contribution in [-0.2, 0) is 0 Å². The molecular weight excluding hydrogens is 338 g/mol. The summed E-state index contributed by atoms with van der Waals surface area (Å²) >= 11 is 0. The first-order valence-electron chi connectivity index (χ1n) is 8.79. The van der Waals surface area contributed by atoms with Crippen LogP contribution in [0.3, 0.4) is 0 Å². The molecule has 1 N–H and O–H groups in total. The molecule has 5 heteroatoms. The maximum atomic E-state index is 12.6. The van der Waals surface area contributed by atoms with Gasteiger partial charge in [-0.25, -0.2) is 0 Å². The highest BCUT2D eigenvalue weighted by Gasteiger charge is 2.13. The fraction of sp³-hybridized carbons (Fsp3) is 0.136. The van der Waals surface area contributed by atoms with Crippen molar-refractivity contribution in [3.05, 3.63) is 84.2 Å². The smallest absolute Gasteiger partial charge is 0.274 e. The Bertz CT molecular complexity index is 955. The standard InChI is InChI=1S/C22H21N3O2/c1-3-25(19-10-5-4-6-11-19)20-12-13-23-21(15-20)22(27)24-18-9-7-8-17(14-18)16(2)26/h4-15H,3H2,1-2H3,(H,24,27). The number of nitrogens with one attached hydrogen (secondary N) is 1. The van der Waals surface area contributed by atoms with Gasteiger partial charge in [-0.3, -0.25) is 14.6 Å². The van der Waals surface area contributed by atoms with Crippen molar-refractivity contribution in [2.45, 2.75) is 13.8 Å². The Hall–Kier alpha value is -3.47. The minimum absolute atomic E-state index is 0.0485. The lowest BCUT2D eigenvalue weighted by Crippen LogP contribution is -2.18. The van der Waals surface area contributed by atoms with Crippen LogP contribution in [-0.4, -0.2) is 23.2 Å². The molecule has 0 aliphatic carbocycles. The van der Waals surface area contributed by atoms with Crippen molar-refractivity contribution in [2.24, 2.45) is 0 Å². The van der Waals surface area contributed by atoms with E-state index in [0.717, 1.165) is 17.9 Å². The van der Waals surface area contributed by atoms with Gasteiger partial charge in [-0.1, -0.05) is 30.3 Å². The summed E-state index contributed by atoms with van der Waals surface area (Å²) in [5, 5.41) is 2.81. The zero-order valence-corrected chi connectivity index (χ0v) is 15.3. The molecule has 0 spiro atoms. The number of hydrogen-bond acceptors (Lipinski definition) is 4. The number of ketones is 1. The Kier molecular flexibility index (Phi) is 5.61. The Balaban J connectivity index is 1.83. The highest BCUT2D eigenvalue weighted by molar-refractivity contribution is 6.04. The summed E-state index contributed by atoms with van der Waals surface area (Å²) in [6.45, 7) is 4.31. The molecule has 1 amide bonds. The van der Waals surface area contributed by atoms with Gasteiger partial charge in [0.2, 0.25) is 0 Å². The fourth-order valence-electron chi connectivity index (χ4n) is 2.84. The first kappa shape index (κ1) is 18.3. The van der Waals surface area contributed by atoms with Gasteiger partial charge in [-0.2, -0.15) is 0 Å². The van der Waals surface area contributed by atoms with Crippen molar-refractivity contribution < 1.29 is 9.59 Å². The Labute approximate surface area is 158 Å². The van der Waals surface area contributed by atoms with E-state index in [-0.39, 0.29) is 11.7 Å². The molecule has 0 aliphatic heterocycles. The van der Waals surface area contributed by atoms with Crippen LogP contribution < -0.4 is 10.2 Å². The monoisotopic (exact) mass is 359 g/mol. The molecule has 3 aromatic rings. The summed E-state index contributed by atoms with van der Waals surface area (Å²) in [5.41, 5.74) is 3.37. The maximum Gasteiger partial charge on any atom is 0.274 e. The van der Waals surface area contributed by atoms with E-state index >= 15 is 0 Å². The van der Waals surface area contributed by atoms with Gasteiger partial charge in [0.1, 0.15) is 5.69 Å². The largest absolute Gasteiger partial charge is 0.342 e. The number of anilines is 3. The van der Waals surface area contributed by atoms with E-state index in [9.17, 15) is 9.59 Å². The number of para-hydroxylation sites is 1. The van der Waals surface area contributed by atoms with Crippen LogP contribution in [0.2, 0.25) is 0 Å². The molecule has 3 rings (SSSR count). The Morgan fingerprint density at radius 1 is 0.963 bits per heavy atom. The summed E-state index contributed by atoms with van der Waals surface area (Å²) < 4.78 is 0. The van der Waals surface area contributed by atoms with Crippen molar-refractivity contribution in [3.8, 4) is 0 Å². The van der Waals surface area contributed by atoms with Crippen LogP contribution in [0, 0.1) is 0 Å². The van der Waals surface area contributed by atoms with Gasteiger partial charge in [0.05, 0.1) is 0 Å². The summed E-state index contributed by atoms with van der Waals surface area (Å²) in [6, 6.07) is 20.5. The van der Waals surface area contributed by atoms with Crippen molar-refractivity contribution in [2.75, 3.05) is 16.8 Å². The summed E-state index contributed by atoms with van der Waals surface area (Å²) in [7, 11) is 0. The van der Waals surface area contributed by atoms with E-state index in [4.69, 9.17) is 0 Å².